The van der Waals surface area contributed by atoms with Gasteiger partial charge in [0.15, 0.2) is 0 Å². The second-order valence-corrected chi connectivity index (χ2v) is 10.2. The molecule has 8 nitrogen and oxygen atoms in total. The number of hydrogen-bond acceptors (Lipinski definition) is 6. The number of rotatable bonds is 4. The molecule has 0 bridgehead atoms. The Labute approximate surface area is 147 Å². The second kappa shape index (κ2) is 6.50. The van der Waals surface area contributed by atoms with E-state index in [2.05, 4.69) is 10.2 Å². The van der Waals surface area contributed by atoms with Gasteiger partial charge in [0.2, 0.25) is 25.0 Å². The van der Waals surface area contributed by atoms with Gasteiger partial charge in [-0.2, -0.15) is 4.31 Å². The van der Waals surface area contributed by atoms with Crippen molar-refractivity contribution in [1.29, 1.82) is 0 Å². The molecular formula is C15H20N4O4S2. The van der Waals surface area contributed by atoms with Crippen LogP contribution in [0.4, 0.5) is 0 Å². The molecule has 1 saturated heterocycles. The molecule has 0 aliphatic carbocycles. The minimum atomic E-state index is -3.62. The smallest absolute Gasteiger partial charge is 0.249 e. The van der Waals surface area contributed by atoms with Crippen molar-refractivity contribution in [2.75, 3.05) is 13.1 Å². The number of sulfonamides is 1. The van der Waals surface area contributed by atoms with Crippen LogP contribution in [0.15, 0.2) is 40.6 Å². The van der Waals surface area contributed by atoms with Gasteiger partial charge in [-0.1, -0.05) is 17.7 Å². The highest BCUT2D eigenvalue weighted by molar-refractivity contribution is 7.92. The average molecular weight is 384 g/mol. The van der Waals surface area contributed by atoms with Crippen molar-refractivity contribution >= 4 is 19.9 Å². The van der Waals surface area contributed by atoms with Crippen LogP contribution in [0.5, 0.6) is 0 Å². The summed E-state index contributed by atoms with van der Waals surface area (Å²) < 4.78 is 53.4. The third-order valence-electron chi connectivity index (χ3n) is 4.42. The summed E-state index contributed by atoms with van der Waals surface area (Å²) in [6.45, 7) is 2.22. The molecule has 3 rings (SSSR count). The Morgan fingerprint density at radius 2 is 1.64 bits per heavy atom. The highest BCUT2D eigenvalue weighted by Crippen LogP contribution is 2.26. The van der Waals surface area contributed by atoms with Crippen LogP contribution in [0.25, 0.3) is 0 Å². The lowest BCUT2D eigenvalue weighted by molar-refractivity contribution is 0.344. The fraction of sp³-hybridized carbons (Fsp3) is 0.467. The van der Waals surface area contributed by atoms with Crippen LogP contribution >= 0.6 is 0 Å². The number of piperidine rings is 1. The summed E-state index contributed by atoms with van der Waals surface area (Å²) in [4.78, 5) is 0.229. The van der Waals surface area contributed by atoms with Gasteiger partial charge in [0.05, 0.1) is 10.1 Å². The number of aryl methyl sites for hydroxylation is 2. The maximum Gasteiger partial charge on any atom is 0.249 e. The molecule has 1 aliphatic rings. The summed E-state index contributed by atoms with van der Waals surface area (Å²) in [6, 6.07) is 6.65. The van der Waals surface area contributed by atoms with E-state index in [1.165, 1.54) is 15.2 Å². The summed E-state index contributed by atoms with van der Waals surface area (Å²) in [6.07, 6.45) is 1.81. The Morgan fingerprint density at radius 1 is 1.04 bits per heavy atom. The fourth-order valence-corrected chi connectivity index (χ4v) is 6.13. The quantitative estimate of drug-likeness (QED) is 0.771. The highest BCUT2D eigenvalue weighted by Gasteiger charge is 2.37. The molecule has 0 unspecified atom stereocenters. The SMILES string of the molecule is Cc1ccc(S(=O)(=O)N2CCC(S(=O)(=O)c3nncn3C)CC2)cc1. The number of sulfone groups is 1. The molecule has 1 aromatic heterocycles. The topological polar surface area (TPSA) is 102 Å². The lowest BCUT2D eigenvalue weighted by Crippen LogP contribution is -2.42. The molecular weight excluding hydrogens is 364 g/mol. The highest BCUT2D eigenvalue weighted by atomic mass is 32.2. The predicted octanol–water partition coefficient (Wildman–Crippen LogP) is 0.751. The van der Waals surface area contributed by atoms with Crippen molar-refractivity contribution < 1.29 is 16.8 Å². The number of benzene rings is 1. The number of aromatic nitrogens is 3. The Balaban J connectivity index is 1.76. The molecule has 0 saturated carbocycles. The first-order chi connectivity index (χ1) is 11.7. The van der Waals surface area contributed by atoms with Crippen LogP contribution in [0, 0.1) is 6.92 Å². The maximum absolute atomic E-state index is 12.7. The summed E-state index contributed by atoms with van der Waals surface area (Å²) in [5.41, 5.74) is 0.979. The lowest BCUT2D eigenvalue weighted by Gasteiger charge is -2.30. The molecule has 136 valence electrons. The van der Waals surface area contributed by atoms with Crippen molar-refractivity contribution in [2.24, 2.45) is 7.05 Å². The van der Waals surface area contributed by atoms with Gasteiger partial charge >= 0.3 is 0 Å². The van der Waals surface area contributed by atoms with Gasteiger partial charge in [-0.3, -0.25) is 0 Å². The largest absolute Gasteiger partial charge is 0.308 e. The van der Waals surface area contributed by atoms with Crippen molar-refractivity contribution in [3.63, 3.8) is 0 Å². The first-order valence-corrected chi connectivity index (χ1v) is 10.9. The van der Waals surface area contributed by atoms with Gasteiger partial charge in [-0.15, -0.1) is 10.2 Å². The molecule has 1 aromatic carbocycles. The predicted molar refractivity (Wildman–Crippen MR) is 91.1 cm³/mol. The molecule has 0 amide bonds. The van der Waals surface area contributed by atoms with Gasteiger partial charge in [0.1, 0.15) is 6.33 Å². The van der Waals surface area contributed by atoms with E-state index in [9.17, 15) is 16.8 Å². The summed E-state index contributed by atoms with van der Waals surface area (Å²) in [5, 5.41) is 6.56. The average Bonchev–Trinajstić information content (AvgIpc) is 3.02. The van der Waals surface area contributed by atoms with E-state index >= 15 is 0 Å². The monoisotopic (exact) mass is 384 g/mol. The standard InChI is InChI=1S/C15H20N4O4S2/c1-12-3-5-14(6-4-12)25(22,23)19-9-7-13(8-10-19)24(20,21)15-17-16-11-18(15)2/h3-6,11,13H,7-10H2,1-2H3. The Bertz CT molecular complexity index is 957. The summed E-state index contributed by atoms with van der Waals surface area (Å²) >= 11 is 0. The van der Waals surface area contributed by atoms with Gasteiger partial charge in [-0.05, 0) is 31.9 Å². The summed E-state index contributed by atoms with van der Waals surface area (Å²) in [7, 11) is -5.65. The van der Waals surface area contributed by atoms with Crippen molar-refractivity contribution in [2.45, 2.75) is 35.1 Å². The molecule has 0 spiro atoms. The minimum absolute atomic E-state index is 0.0765. The Morgan fingerprint density at radius 3 is 2.16 bits per heavy atom. The van der Waals surface area contributed by atoms with Crippen LogP contribution < -0.4 is 0 Å². The van der Waals surface area contributed by atoms with Gasteiger partial charge in [0.25, 0.3) is 0 Å². The van der Waals surface area contributed by atoms with Crippen molar-refractivity contribution in [3.8, 4) is 0 Å². The van der Waals surface area contributed by atoms with Crippen LogP contribution in [0.3, 0.4) is 0 Å². The van der Waals surface area contributed by atoms with Crippen LogP contribution in [0.2, 0.25) is 0 Å². The van der Waals surface area contributed by atoms with E-state index in [0.717, 1.165) is 5.56 Å². The van der Waals surface area contributed by atoms with Crippen LogP contribution in [-0.4, -0.2) is 54.2 Å². The van der Waals surface area contributed by atoms with E-state index in [1.54, 1.807) is 31.3 Å². The van der Waals surface area contributed by atoms with Gasteiger partial charge < -0.3 is 4.57 Å². The minimum Gasteiger partial charge on any atom is -0.308 e. The fourth-order valence-electron chi connectivity index (χ4n) is 2.92. The number of nitrogens with zero attached hydrogens (tertiary/aromatic N) is 4. The van der Waals surface area contributed by atoms with E-state index < -0.39 is 25.1 Å². The van der Waals surface area contributed by atoms with Gasteiger partial charge in [-0.25, -0.2) is 16.8 Å². The van der Waals surface area contributed by atoms with E-state index in [-0.39, 0.29) is 36.0 Å². The van der Waals surface area contributed by atoms with E-state index in [4.69, 9.17) is 0 Å². The van der Waals surface area contributed by atoms with Crippen LogP contribution in [0.1, 0.15) is 18.4 Å². The third-order valence-corrected chi connectivity index (χ3v) is 8.56. The molecule has 0 radical (unpaired) electrons. The molecule has 1 aliphatic heterocycles. The summed E-state index contributed by atoms with van der Waals surface area (Å²) in [5.74, 6) is 0. The van der Waals surface area contributed by atoms with Crippen LogP contribution in [-0.2, 0) is 26.9 Å². The van der Waals surface area contributed by atoms with Gasteiger partial charge in [0, 0.05) is 20.1 Å². The first-order valence-electron chi connectivity index (χ1n) is 7.87. The van der Waals surface area contributed by atoms with E-state index in [0.29, 0.717) is 0 Å². The maximum atomic E-state index is 12.7. The van der Waals surface area contributed by atoms with E-state index in [1.807, 2.05) is 6.92 Å². The molecule has 2 heterocycles. The molecule has 25 heavy (non-hydrogen) atoms. The number of hydrogen-bond donors (Lipinski definition) is 0. The Kier molecular flexibility index (Phi) is 4.69. The first kappa shape index (κ1) is 18.0. The molecule has 0 atom stereocenters. The lowest BCUT2D eigenvalue weighted by atomic mass is 10.2. The molecule has 0 N–H and O–H groups in total. The molecule has 1 fully saturated rings. The van der Waals surface area contributed by atoms with Crippen molar-refractivity contribution in [1.82, 2.24) is 19.1 Å². The molecule has 10 heteroatoms. The normalized spacial score (nSPS) is 17.7. The second-order valence-electron chi connectivity index (χ2n) is 6.19. The van der Waals surface area contributed by atoms with Crippen molar-refractivity contribution in [3.05, 3.63) is 36.2 Å². The third kappa shape index (κ3) is 3.33. The Hall–Kier alpha value is -1.78. The molecule has 2 aromatic rings. The zero-order valence-electron chi connectivity index (χ0n) is 14.0. The zero-order valence-corrected chi connectivity index (χ0v) is 15.7. The zero-order chi connectivity index (χ0) is 18.2.